The third kappa shape index (κ3) is 2.75. The zero-order chi connectivity index (χ0) is 11.6. The third-order valence-corrected chi connectivity index (χ3v) is 2.29. The van der Waals surface area contributed by atoms with Crippen LogP contribution in [0.5, 0.6) is 0 Å². The molecule has 0 atom stereocenters. The number of amides is 1. The molecule has 0 aliphatic heterocycles. The number of pyridine rings is 1. The Hall–Kier alpha value is -1.45. The summed E-state index contributed by atoms with van der Waals surface area (Å²) in [5.41, 5.74) is 0.139. The van der Waals surface area contributed by atoms with Crippen LogP contribution in [0.2, 0.25) is 0 Å². The van der Waals surface area contributed by atoms with Gasteiger partial charge in [-0.1, -0.05) is 0 Å². The van der Waals surface area contributed by atoms with E-state index in [0.29, 0.717) is 5.56 Å². The molecule has 0 spiro atoms. The van der Waals surface area contributed by atoms with Gasteiger partial charge in [-0.3, -0.25) is 4.79 Å². The second-order valence-electron chi connectivity index (χ2n) is 4.40. The fourth-order valence-corrected chi connectivity index (χ4v) is 1.00. The minimum absolute atomic E-state index is 0.157. The lowest BCUT2D eigenvalue weighted by Gasteiger charge is -2.31. The molecular formula is C11H15FN2O. The second kappa shape index (κ2) is 3.96. The van der Waals surface area contributed by atoms with Crippen molar-refractivity contribution in [1.29, 1.82) is 0 Å². The number of nitrogens with zero attached hydrogens (tertiary/aromatic N) is 2. The maximum atomic E-state index is 12.5. The van der Waals surface area contributed by atoms with Gasteiger partial charge in [0.05, 0.1) is 5.56 Å². The summed E-state index contributed by atoms with van der Waals surface area (Å²) in [5, 5.41) is 0. The first-order valence-corrected chi connectivity index (χ1v) is 4.72. The molecule has 1 aromatic rings. The number of carbonyl (C=O) groups is 1. The largest absolute Gasteiger partial charge is 0.337 e. The summed E-state index contributed by atoms with van der Waals surface area (Å²) in [4.78, 5) is 16.9. The Morgan fingerprint density at radius 3 is 2.40 bits per heavy atom. The molecule has 3 nitrogen and oxygen atoms in total. The van der Waals surface area contributed by atoms with Crippen molar-refractivity contribution < 1.29 is 9.18 Å². The van der Waals surface area contributed by atoms with E-state index < -0.39 is 5.95 Å². The minimum Gasteiger partial charge on any atom is -0.337 e. The number of rotatable bonds is 1. The second-order valence-corrected chi connectivity index (χ2v) is 4.40. The molecule has 0 unspecified atom stereocenters. The first kappa shape index (κ1) is 11.6. The molecule has 1 amide bonds. The Kier molecular flexibility index (Phi) is 3.07. The summed E-state index contributed by atoms with van der Waals surface area (Å²) in [6.07, 6.45) is 1.25. The average molecular weight is 210 g/mol. The monoisotopic (exact) mass is 210 g/mol. The van der Waals surface area contributed by atoms with Crippen LogP contribution >= 0.6 is 0 Å². The third-order valence-electron chi connectivity index (χ3n) is 2.29. The Morgan fingerprint density at radius 1 is 1.40 bits per heavy atom. The molecule has 0 aliphatic carbocycles. The smallest absolute Gasteiger partial charge is 0.255 e. The van der Waals surface area contributed by atoms with Crippen molar-refractivity contribution in [2.24, 2.45) is 0 Å². The van der Waals surface area contributed by atoms with Crippen molar-refractivity contribution >= 4 is 5.91 Å². The van der Waals surface area contributed by atoms with E-state index >= 15 is 0 Å². The number of halogens is 1. The minimum atomic E-state index is -0.579. The van der Waals surface area contributed by atoms with Crippen molar-refractivity contribution in [2.45, 2.75) is 26.3 Å². The molecule has 15 heavy (non-hydrogen) atoms. The quantitative estimate of drug-likeness (QED) is 0.665. The average Bonchev–Trinajstić information content (AvgIpc) is 2.15. The van der Waals surface area contributed by atoms with Gasteiger partial charge < -0.3 is 4.90 Å². The van der Waals surface area contributed by atoms with Gasteiger partial charge in [0, 0.05) is 18.8 Å². The highest BCUT2D eigenvalue weighted by atomic mass is 19.1. The topological polar surface area (TPSA) is 33.2 Å². The van der Waals surface area contributed by atoms with Crippen LogP contribution in [0, 0.1) is 5.95 Å². The molecule has 0 aliphatic rings. The van der Waals surface area contributed by atoms with E-state index in [-0.39, 0.29) is 11.4 Å². The summed E-state index contributed by atoms with van der Waals surface area (Å²) >= 11 is 0. The predicted molar refractivity (Wildman–Crippen MR) is 56.0 cm³/mol. The van der Waals surface area contributed by atoms with Crippen LogP contribution < -0.4 is 0 Å². The molecule has 0 bridgehead atoms. The Balaban J connectivity index is 2.90. The number of hydrogen-bond acceptors (Lipinski definition) is 2. The van der Waals surface area contributed by atoms with Gasteiger partial charge in [0.1, 0.15) is 0 Å². The van der Waals surface area contributed by atoms with Gasteiger partial charge >= 0.3 is 0 Å². The van der Waals surface area contributed by atoms with Crippen LogP contribution in [0.4, 0.5) is 4.39 Å². The molecule has 1 rings (SSSR count). The van der Waals surface area contributed by atoms with Crippen LogP contribution in [0.1, 0.15) is 31.1 Å². The fraction of sp³-hybridized carbons (Fsp3) is 0.455. The summed E-state index contributed by atoms with van der Waals surface area (Å²) in [5.74, 6) is -0.736. The van der Waals surface area contributed by atoms with Gasteiger partial charge in [-0.05, 0) is 32.9 Å². The van der Waals surface area contributed by atoms with E-state index in [4.69, 9.17) is 0 Å². The van der Waals surface area contributed by atoms with Crippen molar-refractivity contribution in [3.63, 3.8) is 0 Å². The molecule has 0 saturated carbocycles. The SMILES string of the molecule is CN(C(=O)c1ccc(F)nc1)C(C)(C)C. The maximum absolute atomic E-state index is 12.5. The van der Waals surface area contributed by atoms with Crippen LogP contribution in [0.25, 0.3) is 0 Å². The summed E-state index contributed by atoms with van der Waals surface area (Å²) in [6.45, 7) is 5.80. The van der Waals surface area contributed by atoms with E-state index in [1.807, 2.05) is 20.8 Å². The lowest BCUT2D eigenvalue weighted by Crippen LogP contribution is -2.42. The molecule has 1 heterocycles. The van der Waals surface area contributed by atoms with Gasteiger partial charge in [-0.15, -0.1) is 0 Å². The van der Waals surface area contributed by atoms with Crippen molar-refractivity contribution in [3.05, 3.63) is 29.8 Å². The van der Waals surface area contributed by atoms with Gasteiger partial charge in [-0.2, -0.15) is 4.39 Å². The molecule has 1 aromatic heterocycles. The predicted octanol–water partition coefficient (Wildman–Crippen LogP) is 2.09. The highest BCUT2D eigenvalue weighted by molar-refractivity contribution is 5.94. The van der Waals surface area contributed by atoms with Gasteiger partial charge in [0.15, 0.2) is 0 Å². The van der Waals surface area contributed by atoms with E-state index in [1.54, 1.807) is 11.9 Å². The molecule has 0 aromatic carbocycles. The normalized spacial score (nSPS) is 11.3. The molecule has 4 heteroatoms. The Labute approximate surface area is 88.9 Å². The fourth-order valence-electron chi connectivity index (χ4n) is 1.00. The molecular weight excluding hydrogens is 195 g/mol. The van der Waals surface area contributed by atoms with Crippen LogP contribution in [-0.2, 0) is 0 Å². The van der Waals surface area contributed by atoms with Gasteiger partial charge in [-0.25, -0.2) is 4.98 Å². The molecule has 82 valence electrons. The molecule has 0 saturated heterocycles. The van der Waals surface area contributed by atoms with Gasteiger partial charge in [0.2, 0.25) is 5.95 Å². The van der Waals surface area contributed by atoms with E-state index in [1.165, 1.54) is 18.3 Å². The Bertz CT molecular complexity index is 354. The van der Waals surface area contributed by atoms with Gasteiger partial charge in [0.25, 0.3) is 5.91 Å². The maximum Gasteiger partial charge on any atom is 0.255 e. The van der Waals surface area contributed by atoms with Crippen LogP contribution in [-0.4, -0.2) is 28.4 Å². The highest BCUT2D eigenvalue weighted by Gasteiger charge is 2.23. The van der Waals surface area contributed by atoms with Crippen molar-refractivity contribution in [2.75, 3.05) is 7.05 Å². The number of aromatic nitrogens is 1. The van der Waals surface area contributed by atoms with Crippen LogP contribution in [0.3, 0.4) is 0 Å². The van der Waals surface area contributed by atoms with Crippen molar-refractivity contribution in [3.8, 4) is 0 Å². The standard InChI is InChI=1S/C11H15FN2O/c1-11(2,3)14(4)10(15)8-5-6-9(12)13-7-8/h5-7H,1-4H3. The van der Waals surface area contributed by atoms with E-state index in [9.17, 15) is 9.18 Å². The molecule has 0 N–H and O–H groups in total. The lowest BCUT2D eigenvalue weighted by atomic mass is 10.1. The zero-order valence-electron chi connectivity index (χ0n) is 9.41. The molecule has 0 radical (unpaired) electrons. The number of hydrogen-bond donors (Lipinski definition) is 0. The Morgan fingerprint density at radius 2 is 2.00 bits per heavy atom. The summed E-state index contributed by atoms with van der Waals surface area (Å²) in [6, 6.07) is 2.62. The number of carbonyl (C=O) groups excluding carboxylic acids is 1. The van der Waals surface area contributed by atoms with Crippen LogP contribution in [0.15, 0.2) is 18.3 Å². The van der Waals surface area contributed by atoms with E-state index in [2.05, 4.69) is 4.98 Å². The first-order chi connectivity index (χ1) is 6.82. The molecule has 0 fully saturated rings. The first-order valence-electron chi connectivity index (χ1n) is 4.72. The lowest BCUT2D eigenvalue weighted by molar-refractivity contribution is 0.0655. The summed E-state index contributed by atoms with van der Waals surface area (Å²) < 4.78 is 12.5. The van der Waals surface area contributed by atoms with Crippen molar-refractivity contribution in [1.82, 2.24) is 9.88 Å². The highest BCUT2D eigenvalue weighted by Crippen LogP contribution is 2.14. The zero-order valence-corrected chi connectivity index (χ0v) is 9.41. The summed E-state index contributed by atoms with van der Waals surface area (Å²) in [7, 11) is 1.71. The van der Waals surface area contributed by atoms with E-state index in [0.717, 1.165) is 0 Å².